The van der Waals surface area contributed by atoms with Gasteiger partial charge >= 0.3 is 0 Å². The highest BCUT2D eigenvalue weighted by atomic mass is 16.2. The number of hydrogen-bond acceptors (Lipinski definition) is 8. The maximum absolute atomic E-state index is 13.3. The summed E-state index contributed by atoms with van der Waals surface area (Å²) in [6, 6.07) is 5.26. The predicted molar refractivity (Wildman–Crippen MR) is 134 cm³/mol. The van der Waals surface area contributed by atoms with Crippen molar-refractivity contribution in [3.63, 3.8) is 0 Å². The third kappa shape index (κ3) is 4.11. The van der Waals surface area contributed by atoms with E-state index >= 15 is 0 Å². The number of anilines is 1. The lowest BCUT2D eigenvalue weighted by Crippen LogP contribution is -2.59. The third-order valence-corrected chi connectivity index (χ3v) is 8.18. The first-order valence-corrected chi connectivity index (χ1v) is 13.0. The third-order valence-electron chi connectivity index (χ3n) is 8.18. The Balaban J connectivity index is 1.17. The number of likely N-dealkylation sites (N-methyl/N-ethyl adjacent to an activating group) is 1. The molecule has 0 radical (unpaired) electrons. The van der Waals surface area contributed by atoms with E-state index in [1.807, 2.05) is 6.20 Å². The van der Waals surface area contributed by atoms with Crippen LogP contribution < -0.4 is 16.0 Å². The number of fused-ring (bicyclic) bond motifs is 2. The Labute approximate surface area is 214 Å². The summed E-state index contributed by atoms with van der Waals surface area (Å²) in [6.07, 6.45) is 7.53. The number of nitrogens with zero attached hydrogens (tertiary/aromatic N) is 4. The van der Waals surface area contributed by atoms with Crippen molar-refractivity contribution >= 4 is 29.3 Å². The van der Waals surface area contributed by atoms with Crippen molar-refractivity contribution in [2.24, 2.45) is 0 Å². The lowest BCUT2D eigenvalue weighted by atomic mass is 9.86. The molecule has 1 aromatic heterocycles. The van der Waals surface area contributed by atoms with Crippen molar-refractivity contribution in [1.82, 2.24) is 30.2 Å². The number of nitrogens with one attached hydrogen (secondary N) is 3. The summed E-state index contributed by atoms with van der Waals surface area (Å²) in [5, 5.41) is 13.9. The number of rotatable bonds is 5. The molecule has 37 heavy (non-hydrogen) atoms. The zero-order chi connectivity index (χ0) is 25.7. The van der Waals surface area contributed by atoms with Gasteiger partial charge < -0.3 is 15.5 Å². The van der Waals surface area contributed by atoms with Crippen molar-refractivity contribution in [1.29, 1.82) is 0 Å². The van der Waals surface area contributed by atoms with E-state index in [2.05, 4.69) is 43.9 Å². The van der Waals surface area contributed by atoms with E-state index < -0.39 is 29.7 Å². The van der Waals surface area contributed by atoms with Crippen molar-refractivity contribution in [2.75, 3.05) is 25.5 Å². The first kappa shape index (κ1) is 23.8. The van der Waals surface area contributed by atoms with E-state index in [0.717, 1.165) is 30.0 Å². The lowest BCUT2D eigenvalue weighted by Gasteiger charge is -2.47. The van der Waals surface area contributed by atoms with Crippen LogP contribution in [0.25, 0.3) is 0 Å². The summed E-state index contributed by atoms with van der Waals surface area (Å²) in [4.78, 5) is 53.7. The first-order chi connectivity index (χ1) is 17.9. The van der Waals surface area contributed by atoms with Gasteiger partial charge in [0.25, 0.3) is 11.8 Å². The largest absolute Gasteiger partial charge is 0.380 e. The molecule has 4 aliphatic rings. The highest BCUT2D eigenvalue weighted by Crippen LogP contribution is 2.33. The summed E-state index contributed by atoms with van der Waals surface area (Å²) in [6.45, 7) is 2.50. The minimum Gasteiger partial charge on any atom is -0.380 e. The highest BCUT2D eigenvalue weighted by molar-refractivity contribution is 6.25. The Hall–Kier alpha value is -3.57. The van der Waals surface area contributed by atoms with Crippen LogP contribution in [-0.4, -0.2) is 81.5 Å². The molecule has 194 valence electrons. The number of hydrogen-bond donors (Lipinski definition) is 3. The van der Waals surface area contributed by atoms with Crippen molar-refractivity contribution in [3.05, 3.63) is 47.3 Å². The quantitative estimate of drug-likeness (QED) is 0.511. The van der Waals surface area contributed by atoms with Gasteiger partial charge in [0.2, 0.25) is 11.8 Å². The number of amides is 4. The topological polar surface area (TPSA) is 129 Å². The molecule has 4 amide bonds. The molecule has 3 saturated heterocycles. The molecule has 0 saturated carbocycles. The molecule has 5 heterocycles. The molecule has 1 aromatic carbocycles. The minimum atomic E-state index is -0.983. The molecule has 2 aromatic rings. The SMILES string of the molecule is CN1CCC(n2cc(CNc3cccc4c3C(=O)N(C3CCC(=O)NC3=O)C4=O)cn2)C2NCCCC21. The van der Waals surface area contributed by atoms with Crippen molar-refractivity contribution in [3.8, 4) is 0 Å². The molecule has 4 aliphatic heterocycles. The first-order valence-electron chi connectivity index (χ1n) is 13.0. The van der Waals surface area contributed by atoms with Gasteiger partial charge in [-0.15, -0.1) is 0 Å². The fourth-order valence-corrected chi connectivity index (χ4v) is 6.27. The molecule has 0 aliphatic carbocycles. The second kappa shape index (κ2) is 9.38. The number of piperidine rings is 3. The maximum Gasteiger partial charge on any atom is 0.264 e. The molecule has 0 bridgehead atoms. The van der Waals surface area contributed by atoms with Gasteiger partial charge in [-0.3, -0.25) is 34.1 Å². The number of imide groups is 2. The Morgan fingerprint density at radius 2 is 1.95 bits per heavy atom. The number of carbonyl (C=O) groups excluding carboxylic acids is 4. The van der Waals surface area contributed by atoms with Crippen LogP contribution in [0.3, 0.4) is 0 Å². The number of likely N-dealkylation sites (tertiary alicyclic amines) is 1. The average Bonchev–Trinajstić information content (AvgIpc) is 3.46. The zero-order valence-corrected chi connectivity index (χ0v) is 20.8. The van der Waals surface area contributed by atoms with Crippen molar-refractivity contribution in [2.45, 2.75) is 62.8 Å². The molecular formula is C26H31N7O4. The predicted octanol–water partition coefficient (Wildman–Crippen LogP) is 0.894. The normalized spacial score (nSPS) is 28.2. The summed E-state index contributed by atoms with van der Waals surface area (Å²) in [5.74, 6) is -2.04. The summed E-state index contributed by atoms with van der Waals surface area (Å²) in [5.41, 5.74) is 2.03. The van der Waals surface area contributed by atoms with Gasteiger partial charge in [-0.25, -0.2) is 0 Å². The fraction of sp³-hybridized carbons (Fsp3) is 0.500. The smallest absolute Gasteiger partial charge is 0.264 e. The second-order valence-corrected chi connectivity index (χ2v) is 10.4. The molecule has 4 atom stereocenters. The van der Waals surface area contributed by atoms with Crippen LogP contribution in [0.1, 0.15) is 64.4 Å². The van der Waals surface area contributed by atoms with E-state index in [0.29, 0.717) is 24.3 Å². The molecule has 3 N–H and O–H groups in total. The molecule has 0 spiro atoms. The minimum absolute atomic E-state index is 0.0906. The summed E-state index contributed by atoms with van der Waals surface area (Å²) >= 11 is 0. The van der Waals surface area contributed by atoms with Gasteiger partial charge in [-0.1, -0.05) is 6.07 Å². The van der Waals surface area contributed by atoms with Gasteiger partial charge in [0.05, 0.1) is 23.4 Å². The Morgan fingerprint density at radius 3 is 2.78 bits per heavy atom. The summed E-state index contributed by atoms with van der Waals surface area (Å²) in [7, 11) is 2.20. The second-order valence-electron chi connectivity index (χ2n) is 10.4. The van der Waals surface area contributed by atoms with Gasteiger partial charge in [-0.2, -0.15) is 5.10 Å². The van der Waals surface area contributed by atoms with Crippen LogP contribution in [0.5, 0.6) is 0 Å². The van der Waals surface area contributed by atoms with E-state index in [-0.39, 0.29) is 30.0 Å². The van der Waals surface area contributed by atoms with Crippen LogP contribution in [-0.2, 0) is 16.1 Å². The standard InChI is InChI=1S/C26H31N7O4/c1-31-11-9-19(23-18(31)6-3-10-27-23)32-14-15(13-29-32)12-28-17-5-2-4-16-22(17)26(37)33(25(16)36)20-7-8-21(34)30-24(20)35/h2,4-5,13-14,18-20,23,27-28H,3,6-12H2,1H3,(H,30,34,35). The lowest BCUT2D eigenvalue weighted by molar-refractivity contribution is -0.136. The average molecular weight is 506 g/mol. The van der Waals surface area contributed by atoms with Gasteiger partial charge in [0.1, 0.15) is 6.04 Å². The maximum atomic E-state index is 13.3. The van der Waals surface area contributed by atoms with E-state index in [9.17, 15) is 19.2 Å². The monoisotopic (exact) mass is 505 g/mol. The van der Waals surface area contributed by atoms with Crippen LogP contribution in [0, 0.1) is 0 Å². The zero-order valence-electron chi connectivity index (χ0n) is 20.8. The van der Waals surface area contributed by atoms with Crippen LogP contribution >= 0.6 is 0 Å². The van der Waals surface area contributed by atoms with Gasteiger partial charge in [-0.05, 0) is 51.4 Å². The summed E-state index contributed by atoms with van der Waals surface area (Å²) < 4.78 is 2.06. The molecule has 6 rings (SSSR count). The molecule has 3 fully saturated rings. The molecule has 11 nitrogen and oxygen atoms in total. The Kier molecular flexibility index (Phi) is 6.04. The Bertz CT molecular complexity index is 1270. The highest BCUT2D eigenvalue weighted by Gasteiger charge is 2.45. The van der Waals surface area contributed by atoms with E-state index in [4.69, 9.17) is 0 Å². The number of benzene rings is 1. The Morgan fingerprint density at radius 1 is 1.08 bits per heavy atom. The fourth-order valence-electron chi connectivity index (χ4n) is 6.27. The number of aromatic nitrogens is 2. The van der Waals surface area contributed by atoms with Crippen LogP contribution in [0.15, 0.2) is 30.6 Å². The van der Waals surface area contributed by atoms with E-state index in [1.54, 1.807) is 18.2 Å². The number of carbonyl (C=O) groups is 4. The molecule has 11 heteroatoms. The van der Waals surface area contributed by atoms with Gasteiger partial charge in [0, 0.05) is 49.0 Å². The van der Waals surface area contributed by atoms with Gasteiger partial charge in [0.15, 0.2) is 0 Å². The van der Waals surface area contributed by atoms with Crippen LogP contribution in [0.4, 0.5) is 5.69 Å². The molecular weight excluding hydrogens is 474 g/mol. The molecule has 4 unspecified atom stereocenters. The van der Waals surface area contributed by atoms with E-state index in [1.165, 1.54) is 12.8 Å². The van der Waals surface area contributed by atoms with Crippen LogP contribution in [0.2, 0.25) is 0 Å². The van der Waals surface area contributed by atoms with Crippen molar-refractivity contribution < 1.29 is 19.2 Å².